The summed E-state index contributed by atoms with van der Waals surface area (Å²) in [5.74, 6) is -0.128. The Morgan fingerprint density at radius 1 is 0.962 bits per heavy atom. The molecule has 2 N–H and O–H groups in total. The van der Waals surface area contributed by atoms with Crippen LogP contribution in [0, 0.1) is 0 Å². The fourth-order valence-corrected chi connectivity index (χ4v) is 3.31. The van der Waals surface area contributed by atoms with E-state index in [9.17, 15) is 9.59 Å². The third-order valence-corrected chi connectivity index (χ3v) is 4.80. The molecule has 1 aliphatic heterocycles. The Kier molecular flexibility index (Phi) is 5.91. The number of hydrogen-bond acceptors (Lipinski definition) is 3. The summed E-state index contributed by atoms with van der Waals surface area (Å²) in [4.78, 5) is 28.6. The summed E-state index contributed by atoms with van der Waals surface area (Å²) in [7, 11) is 0. The van der Waals surface area contributed by atoms with Crippen molar-refractivity contribution >= 4 is 23.4 Å². The first kappa shape index (κ1) is 18.4. The molecule has 1 heterocycles. The summed E-state index contributed by atoms with van der Waals surface area (Å²) in [5.41, 5.74) is 7.71. The third kappa shape index (κ3) is 4.42. The number of amides is 2. The van der Waals surface area contributed by atoms with Crippen molar-refractivity contribution in [3.8, 4) is 0 Å². The van der Waals surface area contributed by atoms with Gasteiger partial charge in [-0.3, -0.25) is 9.59 Å². The Morgan fingerprint density at radius 3 is 2.27 bits per heavy atom. The molecule has 2 aromatic rings. The largest absolute Gasteiger partial charge is 0.338 e. The Labute approximate surface area is 158 Å². The van der Waals surface area contributed by atoms with Crippen LogP contribution in [0.15, 0.2) is 54.6 Å². The minimum absolute atomic E-state index is 0.0619. The van der Waals surface area contributed by atoms with Crippen molar-refractivity contribution in [2.75, 3.05) is 26.2 Å². The number of benzene rings is 2. The van der Waals surface area contributed by atoms with Gasteiger partial charge in [0.1, 0.15) is 0 Å². The third-order valence-electron chi connectivity index (χ3n) is 4.57. The molecule has 1 atom stereocenters. The van der Waals surface area contributed by atoms with E-state index in [0.717, 1.165) is 5.56 Å². The zero-order valence-corrected chi connectivity index (χ0v) is 15.2. The first-order chi connectivity index (χ1) is 12.5. The highest BCUT2D eigenvalue weighted by Crippen LogP contribution is 2.15. The van der Waals surface area contributed by atoms with Gasteiger partial charge in [-0.25, -0.2) is 0 Å². The van der Waals surface area contributed by atoms with Gasteiger partial charge in [-0.05, 0) is 30.2 Å². The SMILES string of the molecule is N[C@@H](Cc1ccccc1)C(=O)N1CCN(C(=O)c2cccc(Cl)c2)CC1. The lowest BCUT2D eigenvalue weighted by molar-refractivity contribution is -0.134. The molecule has 0 aliphatic carbocycles. The lowest BCUT2D eigenvalue weighted by Crippen LogP contribution is -2.54. The van der Waals surface area contributed by atoms with E-state index in [1.807, 2.05) is 30.3 Å². The molecule has 1 aliphatic rings. The molecule has 0 saturated carbocycles. The van der Waals surface area contributed by atoms with Gasteiger partial charge in [0, 0.05) is 36.8 Å². The van der Waals surface area contributed by atoms with Gasteiger partial charge < -0.3 is 15.5 Å². The van der Waals surface area contributed by atoms with Crippen molar-refractivity contribution in [1.82, 2.24) is 9.80 Å². The van der Waals surface area contributed by atoms with E-state index in [2.05, 4.69) is 0 Å². The molecule has 0 bridgehead atoms. The van der Waals surface area contributed by atoms with Gasteiger partial charge in [0.15, 0.2) is 0 Å². The number of carbonyl (C=O) groups is 2. The molecule has 6 heteroatoms. The Balaban J connectivity index is 1.54. The predicted octanol–water partition coefficient (Wildman–Crippen LogP) is 2.19. The zero-order valence-electron chi connectivity index (χ0n) is 14.5. The number of nitrogens with two attached hydrogens (primary N) is 1. The lowest BCUT2D eigenvalue weighted by atomic mass is 10.1. The molecule has 26 heavy (non-hydrogen) atoms. The highest BCUT2D eigenvalue weighted by Gasteiger charge is 2.27. The van der Waals surface area contributed by atoms with E-state index < -0.39 is 6.04 Å². The van der Waals surface area contributed by atoms with E-state index in [1.54, 1.807) is 34.1 Å². The predicted molar refractivity (Wildman–Crippen MR) is 102 cm³/mol. The molecule has 0 aromatic heterocycles. The smallest absolute Gasteiger partial charge is 0.254 e. The van der Waals surface area contributed by atoms with Crippen LogP contribution in [-0.4, -0.2) is 53.8 Å². The van der Waals surface area contributed by atoms with Crippen LogP contribution in [0.5, 0.6) is 0 Å². The Hall–Kier alpha value is -2.37. The van der Waals surface area contributed by atoms with Gasteiger partial charge in [-0.2, -0.15) is 0 Å². The van der Waals surface area contributed by atoms with Crippen LogP contribution < -0.4 is 5.73 Å². The molecular formula is C20H22ClN3O2. The van der Waals surface area contributed by atoms with Crippen LogP contribution in [0.1, 0.15) is 15.9 Å². The van der Waals surface area contributed by atoms with Gasteiger partial charge in [-0.1, -0.05) is 48.0 Å². The molecule has 0 spiro atoms. The lowest BCUT2D eigenvalue weighted by Gasteiger charge is -2.36. The fourth-order valence-electron chi connectivity index (χ4n) is 3.12. The summed E-state index contributed by atoms with van der Waals surface area (Å²) in [6, 6.07) is 16.1. The maximum atomic E-state index is 12.6. The summed E-state index contributed by atoms with van der Waals surface area (Å²) in [6.45, 7) is 1.98. The number of rotatable bonds is 4. The quantitative estimate of drug-likeness (QED) is 0.895. The Bertz CT molecular complexity index is 774. The van der Waals surface area contributed by atoms with E-state index in [0.29, 0.717) is 43.2 Å². The van der Waals surface area contributed by atoms with Crippen molar-refractivity contribution in [1.29, 1.82) is 0 Å². The molecule has 2 aromatic carbocycles. The molecule has 1 fully saturated rings. The van der Waals surface area contributed by atoms with Gasteiger partial charge in [-0.15, -0.1) is 0 Å². The van der Waals surface area contributed by atoms with Crippen LogP contribution in [0.3, 0.4) is 0 Å². The van der Waals surface area contributed by atoms with Crippen LogP contribution in [0.4, 0.5) is 0 Å². The minimum Gasteiger partial charge on any atom is -0.338 e. The molecule has 5 nitrogen and oxygen atoms in total. The molecule has 3 rings (SSSR count). The topological polar surface area (TPSA) is 66.6 Å². The summed E-state index contributed by atoms with van der Waals surface area (Å²) >= 11 is 5.96. The van der Waals surface area contributed by atoms with E-state index in [1.165, 1.54) is 0 Å². The van der Waals surface area contributed by atoms with E-state index >= 15 is 0 Å². The summed E-state index contributed by atoms with van der Waals surface area (Å²) in [6.07, 6.45) is 0.515. The average molecular weight is 372 g/mol. The Morgan fingerprint density at radius 2 is 1.62 bits per heavy atom. The molecule has 1 saturated heterocycles. The molecule has 0 unspecified atom stereocenters. The average Bonchev–Trinajstić information content (AvgIpc) is 2.67. The summed E-state index contributed by atoms with van der Waals surface area (Å²) < 4.78 is 0. The van der Waals surface area contributed by atoms with Crippen LogP contribution in [0.25, 0.3) is 0 Å². The first-order valence-corrected chi connectivity index (χ1v) is 9.05. The second-order valence-electron chi connectivity index (χ2n) is 6.42. The monoisotopic (exact) mass is 371 g/mol. The van der Waals surface area contributed by atoms with Crippen molar-refractivity contribution < 1.29 is 9.59 Å². The molecule has 0 radical (unpaired) electrons. The van der Waals surface area contributed by atoms with Gasteiger partial charge in [0.25, 0.3) is 5.91 Å². The number of halogens is 1. The normalized spacial score (nSPS) is 15.6. The number of hydrogen-bond donors (Lipinski definition) is 1. The first-order valence-electron chi connectivity index (χ1n) is 8.68. The van der Waals surface area contributed by atoms with Crippen molar-refractivity contribution in [3.05, 3.63) is 70.7 Å². The van der Waals surface area contributed by atoms with Crippen LogP contribution in [-0.2, 0) is 11.2 Å². The number of piperazine rings is 1. The summed E-state index contributed by atoms with van der Waals surface area (Å²) in [5, 5.41) is 0.538. The second kappa shape index (κ2) is 8.34. The molecular weight excluding hydrogens is 350 g/mol. The highest BCUT2D eigenvalue weighted by atomic mass is 35.5. The minimum atomic E-state index is -0.562. The van der Waals surface area contributed by atoms with Gasteiger partial charge >= 0.3 is 0 Å². The zero-order chi connectivity index (χ0) is 18.5. The van der Waals surface area contributed by atoms with Crippen LogP contribution >= 0.6 is 11.6 Å². The fraction of sp³-hybridized carbons (Fsp3) is 0.300. The standard InChI is InChI=1S/C20H22ClN3O2/c21-17-8-4-7-16(14-17)19(25)23-9-11-24(12-10-23)20(26)18(22)13-15-5-2-1-3-6-15/h1-8,14,18H,9-13,22H2/t18-/m0/s1. The van der Waals surface area contributed by atoms with Gasteiger partial charge in [0.05, 0.1) is 6.04 Å². The maximum absolute atomic E-state index is 12.6. The van der Waals surface area contributed by atoms with Crippen molar-refractivity contribution in [2.24, 2.45) is 5.73 Å². The second-order valence-corrected chi connectivity index (χ2v) is 6.86. The highest BCUT2D eigenvalue weighted by molar-refractivity contribution is 6.30. The van der Waals surface area contributed by atoms with E-state index in [-0.39, 0.29) is 11.8 Å². The van der Waals surface area contributed by atoms with Gasteiger partial charge in [0.2, 0.25) is 5.91 Å². The maximum Gasteiger partial charge on any atom is 0.254 e. The van der Waals surface area contributed by atoms with E-state index in [4.69, 9.17) is 17.3 Å². The number of carbonyl (C=O) groups excluding carboxylic acids is 2. The number of nitrogens with zero attached hydrogens (tertiary/aromatic N) is 2. The van der Waals surface area contributed by atoms with Crippen molar-refractivity contribution in [2.45, 2.75) is 12.5 Å². The molecule has 2 amide bonds. The molecule has 136 valence electrons. The van der Waals surface area contributed by atoms with Crippen LogP contribution in [0.2, 0.25) is 5.02 Å². The van der Waals surface area contributed by atoms with Crippen molar-refractivity contribution in [3.63, 3.8) is 0 Å².